The Bertz CT molecular complexity index is 832. The molecule has 0 bridgehead atoms. The molecule has 2 aliphatic rings. The van der Waals surface area contributed by atoms with Gasteiger partial charge in [-0.1, -0.05) is 30.3 Å². The average Bonchev–Trinajstić information content (AvgIpc) is 3.22. The lowest BCUT2D eigenvalue weighted by atomic mass is 9.81. The van der Waals surface area contributed by atoms with Crippen molar-refractivity contribution in [3.63, 3.8) is 0 Å². The topological polar surface area (TPSA) is 84.8 Å². The zero-order valence-electron chi connectivity index (χ0n) is 16.1. The molecule has 3 atom stereocenters. The van der Waals surface area contributed by atoms with Gasteiger partial charge in [-0.25, -0.2) is 0 Å². The number of nitrogens with zero attached hydrogens (tertiary/aromatic N) is 1. The lowest BCUT2D eigenvalue weighted by Gasteiger charge is -2.37. The fourth-order valence-corrected chi connectivity index (χ4v) is 4.46. The van der Waals surface area contributed by atoms with Gasteiger partial charge in [0, 0.05) is 42.7 Å². The number of phenols is 2. The number of phenolic OH excluding ortho intramolecular Hbond substituents is 2. The molecule has 28 heavy (non-hydrogen) atoms. The first-order valence-electron chi connectivity index (χ1n) is 9.90. The lowest BCUT2D eigenvalue weighted by Crippen LogP contribution is -2.48. The van der Waals surface area contributed by atoms with Gasteiger partial charge in [0.2, 0.25) is 0 Å². The molecule has 0 aromatic heterocycles. The molecule has 1 amide bonds. The number of rotatable bonds is 3. The number of hydrogen-bond donors (Lipinski definition) is 4. The number of hydrogen-bond acceptors (Lipinski definition) is 5. The van der Waals surface area contributed by atoms with Gasteiger partial charge >= 0.3 is 0 Å². The second-order valence-corrected chi connectivity index (χ2v) is 7.86. The highest BCUT2D eigenvalue weighted by Crippen LogP contribution is 2.33. The third-order valence-electron chi connectivity index (χ3n) is 6.10. The van der Waals surface area contributed by atoms with Crippen molar-refractivity contribution in [3.8, 4) is 11.5 Å². The van der Waals surface area contributed by atoms with E-state index in [1.165, 1.54) is 17.7 Å². The van der Waals surface area contributed by atoms with Crippen molar-refractivity contribution in [2.45, 2.75) is 31.7 Å². The summed E-state index contributed by atoms with van der Waals surface area (Å²) in [5.74, 6) is 0.460. The van der Waals surface area contributed by atoms with Crippen molar-refractivity contribution in [3.05, 3.63) is 59.2 Å². The maximum absolute atomic E-state index is 13.0. The summed E-state index contributed by atoms with van der Waals surface area (Å²) < 4.78 is 0. The van der Waals surface area contributed by atoms with Crippen LogP contribution < -0.4 is 10.9 Å². The van der Waals surface area contributed by atoms with Crippen molar-refractivity contribution in [2.24, 2.45) is 5.92 Å². The van der Waals surface area contributed by atoms with Crippen molar-refractivity contribution < 1.29 is 15.0 Å². The van der Waals surface area contributed by atoms with Gasteiger partial charge < -0.3 is 15.1 Å². The molecule has 4 N–H and O–H groups in total. The molecule has 2 aromatic rings. The highest BCUT2D eigenvalue weighted by molar-refractivity contribution is 5.95. The number of carbonyl (C=O) groups excluding carboxylic acids is 1. The standard InChI is InChI=1S/C22H27N3O3/c1-14-19(26)10-17(11-20(14)27)22(28)25-9-5-8-16(13-25)21-18(12-23-24-21)15-6-3-2-4-7-15/h2-4,6-7,10-11,16,18,21,23-24,26-27H,5,8-9,12-13H2,1H3. The first-order chi connectivity index (χ1) is 13.5. The van der Waals surface area contributed by atoms with E-state index in [1.54, 1.807) is 6.92 Å². The minimum Gasteiger partial charge on any atom is -0.508 e. The van der Waals surface area contributed by atoms with Crippen LogP contribution in [0.15, 0.2) is 42.5 Å². The summed E-state index contributed by atoms with van der Waals surface area (Å²) in [5.41, 5.74) is 8.76. The minimum absolute atomic E-state index is 0.0530. The second kappa shape index (κ2) is 7.81. The number of piperidine rings is 1. The minimum atomic E-state index is -0.141. The van der Waals surface area contributed by atoms with E-state index in [-0.39, 0.29) is 23.4 Å². The first-order valence-corrected chi connectivity index (χ1v) is 9.90. The molecule has 0 spiro atoms. The Morgan fingerprint density at radius 1 is 1.14 bits per heavy atom. The molecule has 3 unspecified atom stereocenters. The molecule has 2 aromatic carbocycles. The van der Waals surface area contributed by atoms with Crippen LogP contribution in [-0.2, 0) is 0 Å². The third-order valence-corrected chi connectivity index (χ3v) is 6.10. The number of likely N-dealkylation sites (tertiary alicyclic amines) is 1. The maximum Gasteiger partial charge on any atom is 0.254 e. The van der Waals surface area contributed by atoms with Crippen LogP contribution in [0.25, 0.3) is 0 Å². The molecular weight excluding hydrogens is 354 g/mol. The predicted octanol–water partition coefficient (Wildman–Crippen LogP) is 2.52. The predicted molar refractivity (Wildman–Crippen MR) is 107 cm³/mol. The van der Waals surface area contributed by atoms with E-state index in [4.69, 9.17) is 0 Å². The molecule has 2 aliphatic heterocycles. The SMILES string of the molecule is Cc1c(O)cc(C(=O)N2CCCC(C3NNCC3c3ccccc3)C2)cc1O. The Kier molecular flexibility index (Phi) is 5.24. The quantitative estimate of drug-likeness (QED) is 0.657. The van der Waals surface area contributed by atoms with E-state index in [0.29, 0.717) is 36.1 Å². The van der Waals surface area contributed by atoms with Gasteiger partial charge in [0.05, 0.1) is 0 Å². The molecule has 2 fully saturated rings. The fraction of sp³-hybridized carbons (Fsp3) is 0.409. The summed E-state index contributed by atoms with van der Waals surface area (Å²) in [7, 11) is 0. The molecule has 148 valence electrons. The van der Waals surface area contributed by atoms with Gasteiger partial charge in [0.15, 0.2) is 0 Å². The van der Waals surface area contributed by atoms with Crippen LogP contribution in [0, 0.1) is 12.8 Å². The normalized spacial score (nSPS) is 25.0. The highest BCUT2D eigenvalue weighted by atomic mass is 16.3. The Labute approximate surface area is 165 Å². The molecular formula is C22H27N3O3. The van der Waals surface area contributed by atoms with Gasteiger partial charge in [-0.05, 0) is 43.4 Å². The zero-order valence-corrected chi connectivity index (χ0v) is 16.1. The molecule has 2 heterocycles. The van der Waals surface area contributed by atoms with Gasteiger partial charge in [-0.2, -0.15) is 0 Å². The summed E-state index contributed by atoms with van der Waals surface area (Å²) in [6.07, 6.45) is 2.01. The van der Waals surface area contributed by atoms with Crippen molar-refractivity contribution in [1.29, 1.82) is 0 Å². The summed E-state index contributed by atoms with van der Waals surface area (Å²) in [4.78, 5) is 14.8. The lowest BCUT2D eigenvalue weighted by molar-refractivity contribution is 0.0643. The summed E-state index contributed by atoms with van der Waals surface area (Å²) in [6, 6.07) is 13.6. The van der Waals surface area contributed by atoms with Crippen LogP contribution in [0.2, 0.25) is 0 Å². The van der Waals surface area contributed by atoms with Gasteiger partial charge in [0.25, 0.3) is 5.91 Å². The fourth-order valence-electron chi connectivity index (χ4n) is 4.46. The molecule has 4 rings (SSSR count). The molecule has 6 heteroatoms. The Morgan fingerprint density at radius 3 is 2.57 bits per heavy atom. The molecule has 0 radical (unpaired) electrons. The third kappa shape index (κ3) is 3.57. The smallest absolute Gasteiger partial charge is 0.254 e. The van der Waals surface area contributed by atoms with Crippen LogP contribution in [0.5, 0.6) is 11.5 Å². The van der Waals surface area contributed by atoms with Crippen LogP contribution in [0.3, 0.4) is 0 Å². The van der Waals surface area contributed by atoms with Crippen molar-refractivity contribution in [1.82, 2.24) is 15.8 Å². The molecule has 0 saturated carbocycles. The van der Waals surface area contributed by atoms with E-state index >= 15 is 0 Å². The largest absolute Gasteiger partial charge is 0.508 e. The molecule has 0 aliphatic carbocycles. The second-order valence-electron chi connectivity index (χ2n) is 7.86. The van der Waals surface area contributed by atoms with E-state index in [9.17, 15) is 15.0 Å². The van der Waals surface area contributed by atoms with E-state index in [0.717, 1.165) is 19.4 Å². The summed E-state index contributed by atoms with van der Waals surface area (Å²) in [6.45, 7) is 3.86. The van der Waals surface area contributed by atoms with Crippen molar-refractivity contribution >= 4 is 5.91 Å². The Hall–Kier alpha value is -2.57. The summed E-state index contributed by atoms with van der Waals surface area (Å²) in [5, 5.41) is 19.9. The zero-order chi connectivity index (χ0) is 19.7. The van der Waals surface area contributed by atoms with Crippen LogP contribution in [0.4, 0.5) is 0 Å². The monoisotopic (exact) mass is 381 g/mol. The Balaban J connectivity index is 1.51. The molecule has 2 saturated heterocycles. The number of aromatic hydroxyl groups is 2. The van der Waals surface area contributed by atoms with Crippen LogP contribution in [-0.4, -0.2) is 46.7 Å². The first kappa shape index (κ1) is 18.8. The van der Waals surface area contributed by atoms with Gasteiger partial charge in [-0.3, -0.25) is 15.6 Å². The number of carbonyl (C=O) groups is 1. The van der Waals surface area contributed by atoms with Gasteiger partial charge in [-0.15, -0.1) is 0 Å². The highest BCUT2D eigenvalue weighted by Gasteiger charge is 2.37. The molecule has 6 nitrogen and oxygen atoms in total. The number of nitrogens with one attached hydrogen (secondary N) is 2. The van der Waals surface area contributed by atoms with Crippen molar-refractivity contribution in [2.75, 3.05) is 19.6 Å². The number of amides is 1. The Morgan fingerprint density at radius 2 is 1.86 bits per heavy atom. The van der Waals surface area contributed by atoms with E-state index in [2.05, 4.69) is 35.1 Å². The van der Waals surface area contributed by atoms with Gasteiger partial charge in [0.1, 0.15) is 11.5 Å². The van der Waals surface area contributed by atoms with E-state index < -0.39 is 0 Å². The van der Waals surface area contributed by atoms with Crippen LogP contribution in [0.1, 0.15) is 40.2 Å². The number of benzene rings is 2. The average molecular weight is 381 g/mol. The van der Waals surface area contributed by atoms with Crippen LogP contribution >= 0.6 is 0 Å². The summed E-state index contributed by atoms with van der Waals surface area (Å²) >= 11 is 0. The number of hydrazine groups is 1. The maximum atomic E-state index is 13.0. The van der Waals surface area contributed by atoms with E-state index in [1.807, 2.05) is 11.0 Å².